The maximum absolute atomic E-state index is 2.48. The van der Waals surface area contributed by atoms with Crippen LogP contribution in [0.25, 0.3) is 0 Å². The molecule has 0 saturated carbocycles. The van der Waals surface area contributed by atoms with E-state index in [1.54, 1.807) is 0 Å². The van der Waals surface area contributed by atoms with Crippen LogP contribution in [0.3, 0.4) is 0 Å². The Morgan fingerprint density at radius 2 is 0.375 bits per heavy atom. The van der Waals surface area contributed by atoms with Crippen LogP contribution in [0.1, 0.15) is 66.8 Å². The largest absolute Gasteiger partial charge is 0.0573 e. The minimum atomic E-state index is 0.967. The molecule has 6 aromatic rings. The minimum absolute atomic E-state index is 0.967. The Bertz CT molecular complexity index is 1860. The van der Waals surface area contributed by atoms with Crippen molar-refractivity contribution in [3.05, 3.63) is 176 Å². The van der Waals surface area contributed by atoms with Crippen LogP contribution in [0.5, 0.6) is 0 Å². The Hall–Kier alpha value is -2.58. The van der Waals surface area contributed by atoms with Crippen LogP contribution in [0.15, 0.2) is 139 Å². The SMILES string of the molecule is c1cc2c3cc1SSc1ccc4c(c1)Cc1ccc5cc1Cc1ccc(cc1C4)SSc1ccc(c(c1)Cc1ccc(cc1C2)SS5)C3. The number of hydrogen-bond acceptors (Lipinski definition) is 6. The third kappa shape index (κ3) is 5.97. The maximum Gasteiger partial charge on any atom is 0.0189 e. The number of benzene rings is 6. The number of hydrogen-bond donors (Lipinski definition) is 0. The lowest BCUT2D eigenvalue weighted by atomic mass is 9.95. The molecule has 6 aromatic carbocycles. The van der Waals surface area contributed by atoms with Crippen LogP contribution in [0.4, 0.5) is 0 Å². The molecule has 48 heavy (non-hydrogen) atoms. The van der Waals surface area contributed by atoms with Crippen molar-refractivity contribution in [2.75, 3.05) is 0 Å². The molecule has 18 bridgehead atoms. The van der Waals surface area contributed by atoms with Gasteiger partial charge in [-0.3, -0.25) is 0 Å². The van der Waals surface area contributed by atoms with Crippen LogP contribution >= 0.6 is 64.8 Å². The van der Waals surface area contributed by atoms with Crippen LogP contribution in [0, 0.1) is 0 Å². The zero-order valence-corrected chi connectivity index (χ0v) is 31.0. The van der Waals surface area contributed by atoms with Gasteiger partial charge in [0.25, 0.3) is 0 Å². The Kier molecular flexibility index (Phi) is 7.96. The zero-order valence-electron chi connectivity index (χ0n) is 26.1. The highest BCUT2D eigenvalue weighted by Gasteiger charge is 2.20. The van der Waals surface area contributed by atoms with Crippen molar-refractivity contribution < 1.29 is 0 Å². The lowest BCUT2D eigenvalue weighted by molar-refractivity contribution is 1.07. The molecule has 14 aliphatic rings. The molecule has 0 radical (unpaired) electrons. The Morgan fingerprint density at radius 3 is 0.542 bits per heavy atom. The van der Waals surface area contributed by atoms with Gasteiger partial charge in [-0.2, -0.15) is 0 Å². The van der Waals surface area contributed by atoms with Gasteiger partial charge in [-0.1, -0.05) is 101 Å². The van der Waals surface area contributed by atoms with Crippen LogP contribution in [-0.2, 0) is 38.5 Å². The normalized spacial score (nSPS) is 15.8. The molecule has 6 heteroatoms. The Morgan fingerprint density at radius 1 is 0.208 bits per heavy atom. The van der Waals surface area contributed by atoms with E-state index in [-0.39, 0.29) is 0 Å². The molecular formula is C42H30S6. The molecule has 12 heterocycles. The fourth-order valence-corrected chi connectivity index (χ4v) is 13.5. The fraction of sp³-hybridized carbons (Fsp3) is 0.143. The van der Waals surface area contributed by atoms with E-state index in [2.05, 4.69) is 109 Å². The third-order valence-electron chi connectivity index (χ3n) is 10.1. The van der Waals surface area contributed by atoms with Crippen LogP contribution < -0.4 is 0 Å². The van der Waals surface area contributed by atoms with Gasteiger partial charge in [-0.25, -0.2) is 0 Å². The molecular weight excluding hydrogens is 697 g/mol. The van der Waals surface area contributed by atoms with E-state index in [9.17, 15) is 0 Å². The lowest BCUT2D eigenvalue weighted by Gasteiger charge is -2.15. The average molecular weight is 727 g/mol. The third-order valence-corrected chi connectivity index (χ3v) is 17.2. The van der Waals surface area contributed by atoms with Gasteiger partial charge in [-0.05, 0) is 178 Å². The van der Waals surface area contributed by atoms with Gasteiger partial charge in [0.1, 0.15) is 0 Å². The molecule has 0 saturated heterocycles. The maximum atomic E-state index is 2.48. The summed E-state index contributed by atoms with van der Waals surface area (Å²) in [5, 5.41) is 0. The molecule has 0 N–H and O–H groups in total. The van der Waals surface area contributed by atoms with Gasteiger partial charge < -0.3 is 0 Å². The van der Waals surface area contributed by atoms with Gasteiger partial charge in [-0.15, -0.1) is 0 Å². The second-order valence-corrected chi connectivity index (χ2v) is 20.0. The van der Waals surface area contributed by atoms with Gasteiger partial charge in [0.15, 0.2) is 0 Å². The van der Waals surface area contributed by atoms with E-state index >= 15 is 0 Å². The summed E-state index contributed by atoms with van der Waals surface area (Å²) < 4.78 is 0. The summed E-state index contributed by atoms with van der Waals surface area (Å²) in [7, 11) is 11.4. The monoisotopic (exact) mass is 726 g/mol. The van der Waals surface area contributed by atoms with Crippen molar-refractivity contribution in [3.63, 3.8) is 0 Å². The molecule has 2 aliphatic carbocycles. The summed E-state index contributed by atoms with van der Waals surface area (Å²) in [6.07, 6.45) is 5.80. The predicted octanol–water partition coefficient (Wildman–Crippen LogP) is 12.9. The minimum Gasteiger partial charge on any atom is -0.0573 e. The van der Waals surface area contributed by atoms with Crippen molar-refractivity contribution in [1.82, 2.24) is 0 Å². The van der Waals surface area contributed by atoms with E-state index in [0.29, 0.717) is 0 Å². The van der Waals surface area contributed by atoms with Crippen LogP contribution in [-0.4, -0.2) is 0 Å². The van der Waals surface area contributed by atoms with Gasteiger partial charge >= 0.3 is 0 Å². The highest BCUT2D eigenvalue weighted by atomic mass is 33.1. The summed E-state index contributed by atoms with van der Waals surface area (Å²) in [5.41, 5.74) is 17.4. The summed E-state index contributed by atoms with van der Waals surface area (Å²) in [6, 6.07) is 43.4. The van der Waals surface area contributed by atoms with Crippen LogP contribution in [0.2, 0.25) is 0 Å². The van der Waals surface area contributed by atoms with E-state index in [4.69, 9.17) is 0 Å². The second-order valence-electron chi connectivity index (χ2n) is 13.1. The van der Waals surface area contributed by atoms with E-state index in [1.807, 2.05) is 64.8 Å². The smallest absolute Gasteiger partial charge is 0.0189 e. The van der Waals surface area contributed by atoms with E-state index in [0.717, 1.165) is 38.5 Å². The Labute approximate surface area is 306 Å². The molecule has 0 spiro atoms. The molecule has 0 atom stereocenters. The molecule has 0 fully saturated rings. The highest BCUT2D eigenvalue weighted by Crippen LogP contribution is 2.45. The van der Waals surface area contributed by atoms with E-state index < -0.39 is 0 Å². The van der Waals surface area contributed by atoms with Gasteiger partial charge in [0, 0.05) is 29.4 Å². The van der Waals surface area contributed by atoms with Crippen molar-refractivity contribution >= 4 is 64.8 Å². The molecule has 12 aliphatic heterocycles. The van der Waals surface area contributed by atoms with Crippen molar-refractivity contribution in [3.8, 4) is 0 Å². The topological polar surface area (TPSA) is 0 Å². The van der Waals surface area contributed by atoms with Gasteiger partial charge in [0.2, 0.25) is 0 Å². The van der Waals surface area contributed by atoms with Gasteiger partial charge in [0.05, 0.1) is 0 Å². The van der Waals surface area contributed by atoms with E-state index in [1.165, 1.54) is 96.1 Å². The first-order chi connectivity index (χ1) is 23.6. The summed E-state index contributed by atoms with van der Waals surface area (Å²) in [4.78, 5) is 7.98. The van der Waals surface area contributed by atoms with Crippen molar-refractivity contribution in [2.45, 2.75) is 67.9 Å². The van der Waals surface area contributed by atoms with Crippen molar-refractivity contribution in [1.29, 1.82) is 0 Å². The zero-order chi connectivity index (χ0) is 31.6. The first kappa shape index (κ1) is 30.3. The highest BCUT2D eigenvalue weighted by molar-refractivity contribution is 8.77. The predicted molar refractivity (Wildman–Crippen MR) is 211 cm³/mol. The molecule has 0 amide bonds. The standard InChI is InChI=1S/C42H30S6/c1-7-37-19-31-14-26-2-8-40-21-33(26)15-27-3-9-38(20-32(27)13-25(1)31)45-46-41-11-5-29-16-34-22-39(44-43-37)10-4-28(34)17-35-24-42(48-47-40)12-6-30(35)18-36(29)23-41/h1-12,19-24H,13-18H2. The molecule has 0 aromatic heterocycles. The lowest BCUT2D eigenvalue weighted by Crippen LogP contribution is -1.99. The first-order valence-electron chi connectivity index (χ1n) is 16.4. The quantitative estimate of drug-likeness (QED) is 0.142. The Balaban J connectivity index is 1.23. The summed E-state index contributed by atoms with van der Waals surface area (Å²) in [6.45, 7) is 0. The molecule has 20 rings (SSSR count). The first-order valence-corrected chi connectivity index (χ1v) is 22.8. The molecule has 0 nitrogen and oxygen atoms in total. The fourth-order valence-electron chi connectivity index (χ4n) is 7.47. The molecule has 234 valence electrons. The number of rotatable bonds is 0. The summed E-state index contributed by atoms with van der Waals surface area (Å²) >= 11 is 0. The molecule has 0 unspecified atom stereocenters. The van der Waals surface area contributed by atoms with Crippen molar-refractivity contribution in [2.24, 2.45) is 0 Å². The summed E-state index contributed by atoms with van der Waals surface area (Å²) in [5.74, 6) is 0. The average Bonchev–Trinajstić information content (AvgIpc) is 3.20. The second kappa shape index (κ2) is 12.6.